The van der Waals surface area contributed by atoms with Gasteiger partial charge in [0.2, 0.25) is 5.91 Å². The van der Waals surface area contributed by atoms with Crippen LogP contribution in [0.4, 0.5) is 14.5 Å². The van der Waals surface area contributed by atoms with Gasteiger partial charge in [-0.25, -0.2) is 8.78 Å². The first kappa shape index (κ1) is 31.5. The van der Waals surface area contributed by atoms with E-state index in [2.05, 4.69) is 4.90 Å². The van der Waals surface area contributed by atoms with E-state index in [1.54, 1.807) is 59.3 Å². The normalized spacial score (nSPS) is 16.6. The number of amides is 2. The Labute approximate surface area is 272 Å². The van der Waals surface area contributed by atoms with Gasteiger partial charge in [0.05, 0.1) is 15.7 Å². The lowest BCUT2D eigenvalue weighted by molar-refractivity contribution is -0.116. The molecule has 4 aromatic carbocycles. The number of likely N-dealkylation sites (N-methyl/N-ethyl adjacent to an activating group) is 1. The minimum Gasteiger partial charge on any atom is -0.341 e. The predicted molar refractivity (Wildman–Crippen MR) is 176 cm³/mol. The number of piperidine rings is 1. The second-order valence-corrected chi connectivity index (χ2v) is 13.2. The van der Waals surface area contributed by atoms with Gasteiger partial charge in [-0.15, -0.1) is 0 Å². The summed E-state index contributed by atoms with van der Waals surface area (Å²) >= 11 is 12.7. The van der Waals surface area contributed by atoms with Gasteiger partial charge in [0.15, 0.2) is 0 Å². The first-order valence-corrected chi connectivity index (χ1v) is 16.0. The molecule has 0 bridgehead atoms. The summed E-state index contributed by atoms with van der Waals surface area (Å²) in [4.78, 5) is 31.9. The van der Waals surface area contributed by atoms with E-state index in [0.717, 1.165) is 44.5 Å². The maximum Gasteiger partial charge on any atom is 0.254 e. The Morgan fingerprint density at radius 3 is 2.36 bits per heavy atom. The van der Waals surface area contributed by atoms with E-state index in [9.17, 15) is 14.0 Å². The van der Waals surface area contributed by atoms with E-state index in [4.69, 9.17) is 23.2 Å². The molecule has 234 valence electrons. The summed E-state index contributed by atoms with van der Waals surface area (Å²) in [5.41, 5.74) is 2.40. The molecule has 2 aliphatic heterocycles. The van der Waals surface area contributed by atoms with Crippen molar-refractivity contribution in [3.05, 3.63) is 111 Å². The lowest BCUT2D eigenvalue weighted by atomic mass is 9.74. The molecule has 1 saturated heterocycles. The monoisotopic (exact) mass is 649 g/mol. The molecule has 2 amide bonds. The van der Waals surface area contributed by atoms with E-state index >= 15 is 4.39 Å². The van der Waals surface area contributed by atoms with Gasteiger partial charge in [0.25, 0.3) is 5.91 Å². The van der Waals surface area contributed by atoms with Crippen molar-refractivity contribution in [2.75, 3.05) is 44.7 Å². The molecule has 0 aromatic heterocycles. The number of rotatable bonds is 7. The van der Waals surface area contributed by atoms with E-state index in [0.29, 0.717) is 50.7 Å². The van der Waals surface area contributed by atoms with E-state index in [-0.39, 0.29) is 29.4 Å². The van der Waals surface area contributed by atoms with E-state index in [1.807, 2.05) is 18.2 Å². The molecule has 0 unspecified atom stereocenters. The first-order chi connectivity index (χ1) is 21.6. The van der Waals surface area contributed by atoms with Crippen molar-refractivity contribution in [1.29, 1.82) is 0 Å². The van der Waals surface area contributed by atoms with Gasteiger partial charge in [0.1, 0.15) is 11.6 Å². The third-order valence-corrected chi connectivity index (χ3v) is 10.4. The average Bonchev–Trinajstić information content (AvgIpc) is 3.36. The molecule has 45 heavy (non-hydrogen) atoms. The maximum atomic E-state index is 15.1. The maximum absolute atomic E-state index is 15.1. The molecule has 0 aliphatic carbocycles. The fourth-order valence-electron chi connectivity index (χ4n) is 7.16. The molecular formula is C36H35Cl2F2N3O2. The number of likely N-dealkylation sites (tertiary alicyclic amines) is 1. The lowest BCUT2D eigenvalue weighted by Gasteiger charge is -2.40. The van der Waals surface area contributed by atoms with Crippen molar-refractivity contribution < 1.29 is 18.4 Å². The summed E-state index contributed by atoms with van der Waals surface area (Å²) in [6.45, 7) is 4.76. The summed E-state index contributed by atoms with van der Waals surface area (Å²) in [7, 11) is 1.77. The third-order valence-electron chi connectivity index (χ3n) is 9.62. The van der Waals surface area contributed by atoms with Gasteiger partial charge >= 0.3 is 0 Å². The largest absolute Gasteiger partial charge is 0.341 e. The Hall–Kier alpha value is -3.52. The number of benzene rings is 4. The number of halogens is 4. The highest BCUT2D eigenvalue weighted by atomic mass is 35.5. The molecule has 5 nitrogen and oxygen atoms in total. The summed E-state index contributed by atoms with van der Waals surface area (Å²) in [6.07, 6.45) is 2.24. The van der Waals surface area contributed by atoms with Crippen LogP contribution in [0.15, 0.2) is 72.8 Å². The number of nitrogens with zero attached hydrogens (tertiary/aromatic N) is 3. The van der Waals surface area contributed by atoms with E-state index < -0.39 is 5.41 Å². The third kappa shape index (κ3) is 6.06. The summed E-state index contributed by atoms with van der Waals surface area (Å²) in [5.74, 6) is -0.911. The molecule has 0 N–H and O–H groups in total. The second kappa shape index (κ2) is 12.7. The average molecular weight is 651 g/mol. The number of hydrogen-bond acceptors (Lipinski definition) is 3. The fourth-order valence-corrected chi connectivity index (χ4v) is 7.47. The topological polar surface area (TPSA) is 43.9 Å². The van der Waals surface area contributed by atoms with Crippen LogP contribution < -0.4 is 4.90 Å². The fraction of sp³-hybridized carbons (Fsp3) is 0.333. The van der Waals surface area contributed by atoms with Crippen molar-refractivity contribution in [1.82, 2.24) is 9.80 Å². The minimum absolute atomic E-state index is 0.0471. The van der Waals surface area contributed by atoms with Crippen molar-refractivity contribution in [3.8, 4) is 0 Å². The van der Waals surface area contributed by atoms with Gasteiger partial charge in [0, 0.05) is 54.9 Å². The molecule has 4 aromatic rings. The van der Waals surface area contributed by atoms with Crippen LogP contribution in [0.3, 0.4) is 0 Å². The Morgan fingerprint density at radius 1 is 0.911 bits per heavy atom. The molecule has 6 rings (SSSR count). The zero-order valence-electron chi connectivity index (χ0n) is 25.3. The molecule has 2 heterocycles. The molecule has 0 radical (unpaired) electrons. The number of hydrogen-bond donors (Lipinski definition) is 0. The van der Waals surface area contributed by atoms with Crippen LogP contribution in [-0.2, 0) is 10.2 Å². The number of fused-ring (bicyclic) bond motifs is 3. The number of anilines is 1. The highest BCUT2D eigenvalue weighted by Crippen LogP contribution is 2.48. The van der Waals surface area contributed by atoms with Gasteiger partial charge in [-0.3, -0.25) is 9.59 Å². The second-order valence-electron chi connectivity index (χ2n) is 12.3. The van der Waals surface area contributed by atoms with Gasteiger partial charge in [-0.2, -0.15) is 0 Å². The van der Waals surface area contributed by atoms with Gasteiger partial charge < -0.3 is 14.7 Å². The zero-order chi connectivity index (χ0) is 31.9. The van der Waals surface area contributed by atoms with Crippen LogP contribution in [0.1, 0.15) is 53.6 Å². The molecule has 1 atom stereocenters. The summed E-state index contributed by atoms with van der Waals surface area (Å²) in [6, 6.07) is 20.5. The standard InChI is InChI=1S/C36H35Cl2F2N3O2/c1-23(44)43-22-36(34-32(40)8-5-9-33(34)43)15-18-42(19-16-36)17-14-25(24-10-12-29(37)30(38)20-24)21-41(2)35(45)28-11-13-31(39)27-7-4-3-6-26(27)28/h3-13,20,25H,14-19,21-22H2,1-2H3/t25-/m1/s1. The predicted octanol–water partition coefficient (Wildman–Crippen LogP) is 8.07. The number of carbonyl (C=O) groups is 2. The van der Waals surface area contributed by atoms with Crippen molar-refractivity contribution in [3.63, 3.8) is 0 Å². The van der Waals surface area contributed by atoms with Crippen LogP contribution in [0, 0.1) is 11.6 Å². The quantitative estimate of drug-likeness (QED) is 0.203. The SMILES string of the molecule is CC(=O)N1CC2(CCN(CC[C@H](CN(C)C(=O)c3ccc(F)c4ccccc34)c3ccc(Cl)c(Cl)c3)CC2)c2c(F)cccc21. The highest BCUT2D eigenvalue weighted by Gasteiger charge is 2.47. The van der Waals surface area contributed by atoms with Crippen LogP contribution in [0.5, 0.6) is 0 Å². The molecule has 0 saturated carbocycles. The van der Waals surface area contributed by atoms with E-state index in [1.165, 1.54) is 19.1 Å². The van der Waals surface area contributed by atoms with Crippen molar-refractivity contribution in [2.45, 2.75) is 37.5 Å². The smallest absolute Gasteiger partial charge is 0.254 e. The number of carbonyl (C=O) groups excluding carboxylic acids is 2. The summed E-state index contributed by atoms with van der Waals surface area (Å²) in [5, 5.41) is 1.91. The molecule has 2 aliphatic rings. The molecule has 1 fully saturated rings. The lowest BCUT2D eigenvalue weighted by Crippen LogP contribution is -2.46. The highest BCUT2D eigenvalue weighted by molar-refractivity contribution is 6.42. The zero-order valence-corrected chi connectivity index (χ0v) is 26.8. The Bertz CT molecular complexity index is 1770. The molecular weight excluding hydrogens is 615 g/mol. The van der Waals surface area contributed by atoms with Gasteiger partial charge in [-0.05, 0) is 86.2 Å². The van der Waals surface area contributed by atoms with Crippen molar-refractivity contribution in [2.24, 2.45) is 0 Å². The first-order valence-electron chi connectivity index (χ1n) is 15.2. The molecule has 9 heteroatoms. The van der Waals surface area contributed by atoms with Crippen LogP contribution >= 0.6 is 23.2 Å². The van der Waals surface area contributed by atoms with Crippen LogP contribution in [0.2, 0.25) is 10.0 Å². The minimum atomic E-state index is -0.392. The Balaban J connectivity index is 1.18. The summed E-state index contributed by atoms with van der Waals surface area (Å²) < 4.78 is 29.6. The van der Waals surface area contributed by atoms with Crippen LogP contribution in [0.25, 0.3) is 10.8 Å². The van der Waals surface area contributed by atoms with Gasteiger partial charge in [-0.1, -0.05) is 59.6 Å². The Kier molecular flexibility index (Phi) is 8.88. The van der Waals surface area contributed by atoms with Crippen LogP contribution in [-0.4, -0.2) is 61.4 Å². The Morgan fingerprint density at radius 2 is 1.64 bits per heavy atom. The molecule has 1 spiro atoms. The van der Waals surface area contributed by atoms with Crippen molar-refractivity contribution >= 4 is 51.5 Å².